The largest absolute Gasteiger partial charge is 0.338 e. The van der Waals surface area contributed by atoms with Crippen molar-refractivity contribution >= 4 is 5.91 Å². The number of hydrogen-bond acceptors (Lipinski definition) is 3. The Labute approximate surface area is 136 Å². The molecule has 1 amide bonds. The van der Waals surface area contributed by atoms with Crippen LogP contribution in [-0.4, -0.2) is 33.9 Å². The maximum Gasteiger partial charge on any atom is 0.253 e. The van der Waals surface area contributed by atoms with E-state index in [0.29, 0.717) is 5.41 Å². The summed E-state index contributed by atoms with van der Waals surface area (Å²) in [6, 6.07) is 7.80. The minimum Gasteiger partial charge on any atom is -0.338 e. The number of benzene rings is 1. The Bertz CT molecular complexity index is 690. The van der Waals surface area contributed by atoms with Gasteiger partial charge in [-0.15, -0.1) is 0 Å². The number of carbonyl (C=O) groups is 1. The Kier molecular flexibility index (Phi) is 3.60. The van der Waals surface area contributed by atoms with Gasteiger partial charge in [0, 0.05) is 36.6 Å². The summed E-state index contributed by atoms with van der Waals surface area (Å²) >= 11 is 0. The zero-order valence-corrected chi connectivity index (χ0v) is 13.2. The lowest BCUT2D eigenvalue weighted by Crippen LogP contribution is -2.31. The summed E-state index contributed by atoms with van der Waals surface area (Å²) in [5, 5.41) is 0. The van der Waals surface area contributed by atoms with Crippen molar-refractivity contribution in [3.05, 3.63) is 48.5 Å². The zero-order chi connectivity index (χ0) is 15.7. The standard InChI is InChI=1S/C19H21N3O/c23-18(22-10-9-19(13-22)7-1-2-8-19)16-5-3-15(4-6-16)17-11-20-14-21-12-17/h3-6,11-12,14H,1-2,7-10,13H2. The van der Waals surface area contributed by atoms with Gasteiger partial charge in [-0.2, -0.15) is 0 Å². The van der Waals surface area contributed by atoms with Gasteiger partial charge in [-0.3, -0.25) is 4.79 Å². The van der Waals surface area contributed by atoms with Gasteiger partial charge < -0.3 is 4.90 Å². The summed E-state index contributed by atoms with van der Waals surface area (Å²) < 4.78 is 0. The van der Waals surface area contributed by atoms with E-state index in [0.717, 1.165) is 29.8 Å². The molecular formula is C19H21N3O. The van der Waals surface area contributed by atoms with Gasteiger partial charge >= 0.3 is 0 Å². The fraction of sp³-hybridized carbons (Fsp3) is 0.421. The molecule has 1 aromatic carbocycles. The molecule has 4 nitrogen and oxygen atoms in total. The Hall–Kier alpha value is -2.23. The van der Waals surface area contributed by atoms with Crippen LogP contribution >= 0.6 is 0 Å². The summed E-state index contributed by atoms with van der Waals surface area (Å²) in [6.07, 6.45) is 11.5. The molecule has 1 aliphatic carbocycles. The van der Waals surface area contributed by atoms with Crippen LogP contribution in [0.15, 0.2) is 43.0 Å². The second kappa shape index (κ2) is 5.76. The molecule has 4 heteroatoms. The Morgan fingerprint density at radius 2 is 1.65 bits per heavy atom. The van der Waals surface area contributed by atoms with Crippen molar-refractivity contribution in [1.29, 1.82) is 0 Å². The monoisotopic (exact) mass is 307 g/mol. The van der Waals surface area contributed by atoms with Gasteiger partial charge in [0.1, 0.15) is 6.33 Å². The zero-order valence-electron chi connectivity index (χ0n) is 13.2. The van der Waals surface area contributed by atoms with Gasteiger partial charge in [0.05, 0.1) is 0 Å². The number of aromatic nitrogens is 2. The second-order valence-corrected chi connectivity index (χ2v) is 6.89. The van der Waals surface area contributed by atoms with Crippen LogP contribution in [0.1, 0.15) is 42.5 Å². The van der Waals surface area contributed by atoms with Crippen LogP contribution in [0.25, 0.3) is 11.1 Å². The Balaban J connectivity index is 1.49. The van der Waals surface area contributed by atoms with Crippen molar-refractivity contribution in [2.45, 2.75) is 32.1 Å². The maximum absolute atomic E-state index is 12.7. The molecule has 1 spiro atoms. The van der Waals surface area contributed by atoms with Crippen LogP contribution in [0.5, 0.6) is 0 Å². The highest BCUT2D eigenvalue weighted by Crippen LogP contribution is 2.45. The normalized spacial score (nSPS) is 19.4. The molecule has 1 aliphatic heterocycles. The van der Waals surface area contributed by atoms with E-state index in [2.05, 4.69) is 9.97 Å². The van der Waals surface area contributed by atoms with Gasteiger partial charge in [0.2, 0.25) is 0 Å². The van der Waals surface area contributed by atoms with Crippen LogP contribution in [-0.2, 0) is 0 Å². The van der Waals surface area contributed by atoms with Crippen molar-refractivity contribution in [2.24, 2.45) is 5.41 Å². The first-order valence-electron chi connectivity index (χ1n) is 8.41. The molecule has 0 bridgehead atoms. The summed E-state index contributed by atoms with van der Waals surface area (Å²) in [5.41, 5.74) is 3.21. The van der Waals surface area contributed by atoms with Gasteiger partial charge in [0.25, 0.3) is 5.91 Å². The van der Waals surface area contributed by atoms with Crippen molar-refractivity contribution in [3.8, 4) is 11.1 Å². The lowest BCUT2D eigenvalue weighted by atomic mass is 9.86. The molecule has 0 atom stereocenters. The summed E-state index contributed by atoms with van der Waals surface area (Å²) in [7, 11) is 0. The molecule has 118 valence electrons. The minimum absolute atomic E-state index is 0.171. The predicted octanol–water partition coefficient (Wildman–Crippen LogP) is 3.55. The third kappa shape index (κ3) is 2.74. The molecule has 23 heavy (non-hydrogen) atoms. The molecule has 1 saturated carbocycles. The molecular weight excluding hydrogens is 286 g/mol. The smallest absolute Gasteiger partial charge is 0.253 e. The Morgan fingerprint density at radius 1 is 0.957 bits per heavy atom. The number of rotatable bonds is 2. The molecule has 0 N–H and O–H groups in total. The van der Waals surface area contributed by atoms with Crippen LogP contribution < -0.4 is 0 Å². The number of nitrogens with zero attached hydrogens (tertiary/aromatic N) is 3. The highest BCUT2D eigenvalue weighted by atomic mass is 16.2. The fourth-order valence-corrected chi connectivity index (χ4v) is 4.08. The molecule has 0 radical (unpaired) electrons. The average Bonchev–Trinajstić information content (AvgIpc) is 3.25. The minimum atomic E-state index is 0.171. The molecule has 0 unspecified atom stereocenters. The number of hydrogen-bond donors (Lipinski definition) is 0. The molecule has 1 saturated heterocycles. The van der Waals surface area contributed by atoms with E-state index in [-0.39, 0.29) is 5.91 Å². The van der Waals surface area contributed by atoms with E-state index in [1.54, 1.807) is 12.4 Å². The average molecular weight is 307 g/mol. The van der Waals surface area contributed by atoms with E-state index in [9.17, 15) is 4.79 Å². The lowest BCUT2D eigenvalue weighted by Gasteiger charge is -2.23. The van der Waals surface area contributed by atoms with Gasteiger partial charge in [-0.1, -0.05) is 25.0 Å². The fourth-order valence-electron chi connectivity index (χ4n) is 4.08. The van der Waals surface area contributed by atoms with Crippen LogP contribution in [0.3, 0.4) is 0 Å². The highest BCUT2D eigenvalue weighted by Gasteiger charge is 2.41. The van der Waals surface area contributed by atoms with E-state index in [1.807, 2.05) is 29.2 Å². The first-order valence-corrected chi connectivity index (χ1v) is 8.41. The topological polar surface area (TPSA) is 46.1 Å². The quantitative estimate of drug-likeness (QED) is 0.852. The van der Waals surface area contributed by atoms with Gasteiger partial charge in [-0.05, 0) is 42.4 Å². The molecule has 2 aromatic rings. The Morgan fingerprint density at radius 3 is 2.35 bits per heavy atom. The van der Waals surface area contributed by atoms with Crippen LogP contribution in [0.2, 0.25) is 0 Å². The number of amides is 1. The van der Waals surface area contributed by atoms with E-state index >= 15 is 0 Å². The predicted molar refractivity (Wildman–Crippen MR) is 88.9 cm³/mol. The number of likely N-dealkylation sites (tertiary alicyclic amines) is 1. The SMILES string of the molecule is O=C(c1ccc(-c2cncnc2)cc1)N1CCC2(CCCC2)C1. The highest BCUT2D eigenvalue weighted by molar-refractivity contribution is 5.95. The molecule has 4 rings (SSSR count). The molecule has 1 aromatic heterocycles. The van der Waals surface area contributed by atoms with Crippen molar-refractivity contribution in [3.63, 3.8) is 0 Å². The third-order valence-corrected chi connectivity index (χ3v) is 5.42. The second-order valence-electron chi connectivity index (χ2n) is 6.89. The lowest BCUT2D eigenvalue weighted by molar-refractivity contribution is 0.0773. The van der Waals surface area contributed by atoms with Crippen molar-refractivity contribution in [1.82, 2.24) is 14.9 Å². The number of carbonyl (C=O) groups excluding carboxylic acids is 1. The summed E-state index contributed by atoms with van der Waals surface area (Å²) in [6.45, 7) is 1.85. The first-order chi connectivity index (χ1) is 11.3. The van der Waals surface area contributed by atoms with E-state index in [1.165, 1.54) is 38.4 Å². The van der Waals surface area contributed by atoms with Crippen molar-refractivity contribution in [2.75, 3.05) is 13.1 Å². The molecule has 2 aliphatic rings. The van der Waals surface area contributed by atoms with Crippen LogP contribution in [0.4, 0.5) is 0 Å². The maximum atomic E-state index is 12.7. The molecule has 2 heterocycles. The van der Waals surface area contributed by atoms with Gasteiger partial charge in [-0.25, -0.2) is 9.97 Å². The van der Waals surface area contributed by atoms with Gasteiger partial charge in [0.15, 0.2) is 0 Å². The third-order valence-electron chi connectivity index (χ3n) is 5.42. The summed E-state index contributed by atoms with van der Waals surface area (Å²) in [5.74, 6) is 0.171. The molecule has 2 fully saturated rings. The van der Waals surface area contributed by atoms with E-state index in [4.69, 9.17) is 0 Å². The van der Waals surface area contributed by atoms with Crippen LogP contribution in [0, 0.1) is 5.41 Å². The summed E-state index contributed by atoms with van der Waals surface area (Å²) in [4.78, 5) is 22.9. The van der Waals surface area contributed by atoms with Crippen molar-refractivity contribution < 1.29 is 4.79 Å². The van der Waals surface area contributed by atoms with E-state index < -0.39 is 0 Å². The first kappa shape index (κ1) is 14.4.